The third kappa shape index (κ3) is 4.27. The van der Waals surface area contributed by atoms with Gasteiger partial charge in [-0.1, -0.05) is 61.7 Å². The lowest BCUT2D eigenvalue weighted by atomic mass is 10.1. The fourth-order valence-corrected chi connectivity index (χ4v) is 4.43. The molecule has 0 radical (unpaired) electrons. The van der Waals surface area contributed by atoms with Crippen LogP contribution in [-0.2, 0) is 0 Å². The number of anilines is 2. The molecule has 0 saturated heterocycles. The van der Waals surface area contributed by atoms with Crippen LogP contribution in [-0.4, -0.2) is 12.3 Å². The van der Waals surface area contributed by atoms with Crippen molar-refractivity contribution < 1.29 is 0 Å². The molecule has 0 N–H and O–H groups in total. The van der Waals surface area contributed by atoms with Crippen molar-refractivity contribution >= 4 is 35.8 Å². The van der Waals surface area contributed by atoms with Crippen LogP contribution in [0.2, 0.25) is 0 Å². The van der Waals surface area contributed by atoms with E-state index in [-0.39, 0.29) is 0 Å². The lowest BCUT2D eigenvalue weighted by Gasteiger charge is -2.32. The molecule has 0 saturated carbocycles. The predicted octanol–water partition coefficient (Wildman–Crippen LogP) is 6.56. The third-order valence-corrected chi connectivity index (χ3v) is 5.77. The number of hydrogen-bond donors (Lipinski definition) is 1. The van der Waals surface area contributed by atoms with Crippen LogP contribution in [0.1, 0.15) is 38.5 Å². The summed E-state index contributed by atoms with van der Waals surface area (Å²) in [5, 5.41) is 0. The molecule has 1 aliphatic heterocycles. The van der Waals surface area contributed by atoms with Gasteiger partial charge < -0.3 is 4.90 Å². The first-order valence-electron chi connectivity index (χ1n) is 8.64. The number of unbranched alkanes of at least 4 members (excludes halogenated alkanes) is 5. The van der Waals surface area contributed by atoms with E-state index in [1.165, 1.54) is 59.7 Å². The van der Waals surface area contributed by atoms with Crippen LogP contribution < -0.4 is 4.90 Å². The van der Waals surface area contributed by atoms with E-state index < -0.39 is 0 Å². The minimum Gasteiger partial charge on any atom is -0.340 e. The van der Waals surface area contributed by atoms with Crippen molar-refractivity contribution in [2.75, 3.05) is 17.2 Å². The molecule has 0 aromatic heterocycles. The van der Waals surface area contributed by atoms with Gasteiger partial charge in [-0.15, -0.1) is 0 Å². The van der Waals surface area contributed by atoms with Crippen LogP contribution in [0, 0.1) is 0 Å². The molecular weight excluding hydrogens is 318 g/mol. The molecule has 0 spiro atoms. The monoisotopic (exact) mass is 343 g/mol. The zero-order valence-corrected chi connectivity index (χ0v) is 15.3. The molecular formula is C20H25NS2. The molecule has 0 unspecified atom stereocenters. The molecule has 122 valence electrons. The van der Waals surface area contributed by atoms with E-state index in [4.69, 9.17) is 0 Å². The Morgan fingerprint density at radius 2 is 1.22 bits per heavy atom. The van der Waals surface area contributed by atoms with Gasteiger partial charge in [0, 0.05) is 16.3 Å². The largest absolute Gasteiger partial charge is 0.340 e. The number of thiol groups is 1. The van der Waals surface area contributed by atoms with Crippen molar-refractivity contribution in [3.63, 3.8) is 0 Å². The number of benzene rings is 2. The second-order valence-electron chi connectivity index (χ2n) is 6.03. The Morgan fingerprint density at radius 1 is 0.696 bits per heavy atom. The number of rotatable bonds is 8. The van der Waals surface area contributed by atoms with E-state index in [1.807, 2.05) is 11.8 Å². The van der Waals surface area contributed by atoms with Gasteiger partial charge in [0.25, 0.3) is 0 Å². The Balaban J connectivity index is 1.62. The molecule has 3 rings (SSSR count). The van der Waals surface area contributed by atoms with Gasteiger partial charge in [-0.05, 0) is 42.9 Å². The molecule has 0 bridgehead atoms. The second-order valence-corrected chi connectivity index (χ2v) is 7.57. The minimum atomic E-state index is 1.03. The predicted molar refractivity (Wildman–Crippen MR) is 106 cm³/mol. The summed E-state index contributed by atoms with van der Waals surface area (Å²) in [4.78, 5) is 5.26. The van der Waals surface area contributed by atoms with Gasteiger partial charge in [0.15, 0.2) is 0 Å². The van der Waals surface area contributed by atoms with E-state index in [1.54, 1.807) is 0 Å². The quantitative estimate of drug-likeness (QED) is 0.427. The van der Waals surface area contributed by atoms with Gasteiger partial charge in [-0.25, -0.2) is 0 Å². The van der Waals surface area contributed by atoms with Gasteiger partial charge in [0.05, 0.1) is 11.4 Å². The van der Waals surface area contributed by atoms with Crippen molar-refractivity contribution in [1.82, 2.24) is 0 Å². The van der Waals surface area contributed by atoms with Crippen LogP contribution >= 0.6 is 24.4 Å². The highest BCUT2D eigenvalue weighted by atomic mass is 32.2. The summed E-state index contributed by atoms with van der Waals surface area (Å²) in [7, 11) is 0. The first-order chi connectivity index (χ1) is 11.4. The summed E-state index contributed by atoms with van der Waals surface area (Å²) in [5.41, 5.74) is 2.73. The van der Waals surface area contributed by atoms with E-state index in [0.717, 1.165) is 12.3 Å². The molecule has 23 heavy (non-hydrogen) atoms. The summed E-state index contributed by atoms with van der Waals surface area (Å²) >= 11 is 6.17. The molecule has 2 aromatic carbocycles. The highest BCUT2D eigenvalue weighted by Crippen LogP contribution is 2.47. The fraction of sp³-hybridized carbons (Fsp3) is 0.400. The zero-order valence-electron chi connectivity index (χ0n) is 13.6. The van der Waals surface area contributed by atoms with Crippen molar-refractivity contribution in [3.05, 3.63) is 48.5 Å². The van der Waals surface area contributed by atoms with E-state index in [9.17, 15) is 0 Å². The van der Waals surface area contributed by atoms with Crippen molar-refractivity contribution in [3.8, 4) is 0 Å². The Bertz CT molecular complexity index is 581. The smallest absolute Gasteiger partial charge is 0.0552 e. The molecule has 0 atom stereocenters. The first-order valence-corrected chi connectivity index (χ1v) is 10.1. The highest BCUT2D eigenvalue weighted by molar-refractivity contribution is 7.99. The van der Waals surface area contributed by atoms with Gasteiger partial charge in [-0.3, -0.25) is 0 Å². The normalized spacial score (nSPS) is 12.8. The number of fused-ring (bicyclic) bond motifs is 2. The third-order valence-electron chi connectivity index (χ3n) is 4.32. The summed E-state index contributed by atoms with van der Waals surface area (Å²) in [6.07, 6.45) is 7.86. The van der Waals surface area contributed by atoms with Gasteiger partial charge >= 0.3 is 0 Å². The van der Waals surface area contributed by atoms with Crippen LogP contribution in [0.5, 0.6) is 0 Å². The number of nitrogens with zero attached hydrogens (tertiary/aromatic N) is 1. The molecule has 1 heterocycles. The van der Waals surface area contributed by atoms with Crippen molar-refractivity contribution in [1.29, 1.82) is 0 Å². The maximum atomic E-state index is 4.28. The molecule has 0 fully saturated rings. The summed E-state index contributed by atoms with van der Waals surface area (Å²) in [6, 6.07) is 17.6. The number of hydrogen-bond acceptors (Lipinski definition) is 3. The zero-order chi connectivity index (χ0) is 15.9. The lowest BCUT2D eigenvalue weighted by molar-refractivity contribution is 0.610. The van der Waals surface area contributed by atoms with Gasteiger partial charge in [0.1, 0.15) is 0 Å². The summed E-state index contributed by atoms with van der Waals surface area (Å²) < 4.78 is 0. The lowest BCUT2D eigenvalue weighted by Crippen LogP contribution is -2.21. The Morgan fingerprint density at radius 3 is 1.83 bits per heavy atom. The Kier molecular flexibility index (Phi) is 6.35. The Hall–Kier alpha value is -1.06. The second kappa shape index (κ2) is 8.70. The first kappa shape index (κ1) is 16.8. The molecule has 1 aliphatic rings. The maximum Gasteiger partial charge on any atom is 0.0552 e. The molecule has 0 aliphatic carbocycles. The molecule has 1 nitrogen and oxygen atoms in total. The molecule has 0 amide bonds. The van der Waals surface area contributed by atoms with E-state index in [0.29, 0.717) is 0 Å². The van der Waals surface area contributed by atoms with Gasteiger partial charge in [-0.2, -0.15) is 12.6 Å². The van der Waals surface area contributed by atoms with Crippen molar-refractivity contribution in [2.45, 2.75) is 48.3 Å². The van der Waals surface area contributed by atoms with Crippen LogP contribution in [0.25, 0.3) is 0 Å². The van der Waals surface area contributed by atoms with Crippen LogP contribution in [0.3, 0.4) is 0 Å². The van der Waals surface area contributed by atoms with E-state index >= 15 is 0 Å². The molecule has 2 aromatic rings. The van der Waals surface area contributed by atoms with E-state index in [2.05, 4.69) is 66.1 Å². The van der Waals surface area contributed by atoms with Crippen LogP contribution in [0.15, 0.2) is 58.3 Å². The van der Waals surface area contributed by atoms with Crippen molar-refractivity contribution in [2.24, 2.45) is 0 Å². The summed E-state index contributed by atoms with van der Waals surface area (Å²) in [5.74, 6) is 1.03. The topological polar surface area (TPSA) is 3.24 Å². The average molecular weight is 344 g/mol. The summed E-state index contributed by atoms with van der Waals surface area (Å²) in [6.45, 7) is 1.11. The maximum absolute atomic E-state index is 4.28. The highest BCUT2D eigenvalue weighted by Gasteiger charge is 2.21. The Labute approximate surface area is 149 Å². The SMILES string of the molecule is SCCCCCCCCN1c2ccccc2Sc2ccccc21. The average Bonchev–Trinajstić information content (AvgIpc) is 2.60. The van der Waals surface area contributed by atoms with Gasteiger partial charge in [0.2, 0.25) is 0 Å². The van der Waals surface area contributed by atoms with Crippen LogP contribution in [0.4, 0.5) is 11.4 Å². The standard InChI is InChI=1S/C20H25NS2/c22-16-10-4-2-1-3-9-15-21-17-11-5-7-13-19(17)23-20-14-8-6-12-18(20)21/h5-8,11-14,22H,1-4,9-10,15-16H2. The fourth-order valence-electron chi connectivity index (χ4n) is 3.11. The molecule has 3 heteroatoms. The minimum absolute atomic E-state index is 1.03. The number of para-hydroxylation sites is 2.